The molecular weight excluding hydrogens is 1160 g/mol. The van der Waals surface area contributed by atoms with Crippen LogP contribution in [0.25, 0.3) is 0 Å². The van der Waals surface area contributed by atoms with Gasteiger partial charge >= 0.3 is 19.8 Å². The molecule has 0 aromatic carbocycles. The molecule has 0 bridgehead atoms. The molecule has 520 valence electrons. The van der Waals surface area contributed by atoms with E-state index in [2.05, 4.69) is 196 Å². The number of esters is 2. The van der Waals surface area contributed by atoms with Gasteiger partial charge in [-0.15, -0.1) is 0 Å². The molecule has 0 aliphatic rings. The molecule has 0 amide bonds. The molecule has 92 heavy (non-hydrogen) atoms. The molecule has 0 saturated heterocycles. The van der Waals surface area contributed by atoms with Gasteiger partial charge in [-0.25, -0.2) is 4.57 Å². The third kappa shape index (κ3) is 74.2. The Bertz CT molecular complexity index is 2210. The van der Waals surface area contributed by atoms with Gasteiger partial charge in [0.2, 0.25) is 0 Å². The Balaban J connectivity index is 4.13. The molecule has 0 saturated carbocycles. The number of ether oxygens (including phenoxy) is 2. The molecule has 0 aromatic heterocycles. The van der Waals surface area contributed by atoms with Crippen molar-refractivity contribution in [2.45, 2.75) is 277 Å². The Morgan fingerprint density at radius 2 is 0.587 bits per heavy atom. The molecule has 9 nitrogen and oxygen atoms in total. The number of unbranched alkanes of at least 4 members (excludes halogenated alkanes) is 21. The van der Waals surface area contributed by atoms with E-state index in [-0.39, 0.29) is 32.0 Å². The van der Waals surface area contributed by atoms with Crippen LogP contribution in [0, 0.1) is 0 Å². The van der Waals surface area contributed by atoms with Crippen LogP contribution in [0.15, 0.2) is 182 Å². The zero-order chi connectivity index (χ0) is 66.9. The lowest BCUT2D eigenvalue weighted by Crippen LogP contribution is -2.37. The summed E-state index contributed by atoms with van der Waals surface area (Å²) in [7, 11) is 1.45. The van der Waals surface area contributed by atoms with Crippen molar-refractivity contribution in [1.82, 2.24) is 0 Å². The number of carbonyl (C=O) groups is 2. The molecule has 0 aromatic rings. The van der Waals surface area contributed by atoms with Gasteiger partial charge < -0.3 is 18.9 Å². The van der Waals surface area contributed by atoms with Gasteiger partial charge in [-0.1, -0.05) is 305 Å². The summed E-state index contributed by atoms with van der Waals surface area (Å²) in [6.07, 6.45) is 109. The summed E-state index contributed by atoms with van der Waals surface area (Å²) < 4.78 is 34.7. The van der Waals surface area contributed by atoms with E-state index >= 15 is 0 Å². The van der Waals surface area contributed by atoms with Gasteiger partial charge in [0.05, 0.1) is 27.7 Å². The third-order valence-corrected chi connectivity index (χ3v) is 15.9. The van der Waals surface area contributed by atoms with Crippen LogP contribution in [0.2, 0.25) is 0 Å². The van der Waals surface area contributed by atoms with Crippen LogP contribution in [0.4, 0.5) is 0 Å². The molecule has 1 N–H and O–H groups in total. The Labute approximate surface area is 565 Å². The quantitative estimate of drug-likeness (QED) is 0.0211. The molecule has 0 aliphatic carbocycles. The Morgan fingerprint density at radius 3 is 0.870 bits per heavy atom. The summed E-state index contributed by atoms with van der Waals surface area (Å²) in [4.78, 5) is 35.9. The van der Waals surface area contributed by atoms with Gasteiger partial charge in [0.1, 0.15) is 19.8 Å². The highest BCUT2D eigenvalue weighted by Gasteiger charge is 2.27. The number of allylic oxidation sites excluding steroid dienone is 30. The lowest BCUT2D eigenvalue weighted by Gasteiger charge is -2.24. The van der Waals surface area contributed by atoms with Crippen LogP contribution < -0.4 is 0 Å². The van der Waals surface area contributed by atoms with Crippen LogP contribution in [0.1, 0.15) is 271 Å². The van der Waals surface area contributed by atoms with Crippen molar-refractivity contribution >= 4 is 19.8 Å². The number of nitrogens with zero attached hydrogens (tertiary/aromatic N) is 1. The van der Waals surface area contributed by atoms with E-state index in [9.17, 15) is 19.0 Å². The first-order chi connectivity index (χ1) is 45.0. The monoisotopic (exact) mass is 1290 g/mol. The molecule has 0 aliphatic heterocycles. The minimum atomic E-state index is -4.41. The maximum absolute atomic E-state index is 12.9. The molecule has 2 atom stereocenters. The Hall–Kier alpha value is -4.89. The summed E-state index contributed by atoms with van der Waals surface area (Å²) in [5.74, 6) is -0.818. The number of carbonyl (C=O) groups excluding carboxylic acids is 2. The molecular formula is C82H135NO8P+. The van der Waals surface area contributed by atoms with Crippen molar-refractivity contribution in [3.63, 3.8) is 0 Å². The number of phosphoric ester groups is 1. The van der Waals surface area contributed by atoms with Crippen LogP contribution >= 0.6 is 7.82 Å². The summed E-state index contributed by atoms with van der Waals surface area (Å²) in [6.45, 7) is 4.19. The van der Waals surface area contributed by atoms with E-state index in [1.165, 1.54) is 96.3 Å². The molecule has 2 unspecified atom stereocenters. The van der Waals surface area contributed by atoms with E-state index in [4.69, 9.17) is 18.5 Å². The lowest BCUT2D eigenvalue weighted by molar-refractivity contribution is -0.870. The zero-order valence-corrected chi connectivity index (χ0v) is 60.1. The fourth-order valence-electron chi connectivity index (χ4n) is 9.42. The van der Waals surface area contributed by atoms with E-state index < -0.39 is 26.5 Å². The van der Waals surface area contributed by atoms with Crippen molar-refractivity contribution in [3.05, 3.63) is 182 Å². The highest BCUT2D eigenvalue weighted by atomic mass is 31.2. The molecule has 0 heterocycles. The second-order valence-corrected chi connectivity index (χ2v) is 26.3. The predicted molar refractivity (Wildman–Crippen MR) is 399 cm³/mol. The van der Waals surface area contributed by atoms with Crippen LogP contribution in [0.5, 0.6) is 0 Å². The summed E-state index contributed by atoms with van der Waals surface area (Å²) in [6, 6.07) is 0. The minimum absolute atomic E-state index is 0.0206. The van der Waals surface area contributed by atoms with Crippen LogP contribution in [0.3, 0.4) is 0 Å². The molecule has 0 fully saturated rings. The van der Waals surface area contributed by atoms with Crippen molar-refractivity contribution in [2.75, 3.05) is 47.5 Å². The zero-order valence-electron chi connectivity index (χ0n) is 59.2. The highest BCUT2D eigenvalue weighted by Crippen LogP contribution is 2.43. The maximum atomic E-state index is 12.9. The van der Waals surface area contributed by atoms with Gasteiger partial charge in [0.25, 0.3) is 0 Å². The highest BCUT2D eigenvalue weighted by molar-refractivity contribution is 7.47. The first kappa shape index (κ1) is 87.1. The average Bonchev–Trinajstić information content (AvgIpc) is 2.23. The first-order valence-electron chi connectivity index (χ1n) is 36.5. The number of quaternary nitrogens is 1. The lowest BCUT2D eigenvalue weighted by atomic mass is 10.0. The summed E-state index contributed by atoms with van der Waals surface area (Å²) in [5, 5.41) is 0. The van der Waals surface area contributed by atoms with Gasteiger partial charge in [0, 0.05) is 12.8 Å². The smallest absolute Gasteiger partial charge is 0.462 e. The van der Waals surface area contributed by atoms with Gasteiger partial charge in [-0.2, -0.15) is 0 Å². The fraction of sp³-hybridized carbons (Fsp3) is 0.610. The third-order valence-electron chi connectivity index (χ3n) is 14.9. The number of hydrogen-bond acceptors (Lipinski definition) is 7. The second-order valence-electron chi connectivity index (χ2n) is 24.9. The first-order valence-corrected chi connectivity index (χ1v) is 38.0. The van der Waals surface area contributed by atoms with Crippen molar-refractivity contribution < 1.29 is 42.1 Å². The molecule has 0 radical (unpaired) electrons. The standard InChI is InChI=1S/C82H134NO8P/c1-6-8-10-12-14-16-18-20-22-24-26-28-30-32-34-35-36-37-38-39-40-41-42-43-44-45-46-47-49-51-53-55-57-59-61-63-65-67-69-71-73-75-82(85)91-80(79-90-92(86,87)89-77-76-83(3,4)5)78-88-81(84)74-72-70-68-66-64-62-60-58-56-54-52-50-48-33-31-29-27-25-23-21-19-17-15-13-11-9-7-2/h8-11,14-17,20-23,26-29,32,34,36-37,39-40,42-43,45-46,49,51,55,57,80H,6-7,12-13,18-19,24-25,30-31,33,35,38,41,44,47-48,50,52-54,56,58-79H2,1-5H3/p+1/b10-8-,11-9-,16-14-,17-15-,22-20-,23-21-,28-26-,29-27-,34-32-,37-36-,40-39-,43-42-,46-45-,51-49-,57-55-. The van der Waals surface area contributed by atoms with E-state index in [1.54, 1.807) is 0 Å². The maximum Gasteiger partial charge on any atom is 0.472 e. The largest absolute Gasteiger partial charge is 0.472 e. The predicted octanol–water partition coefficient (Wildman–Crippen LogP) is 24.3. The van der Waals surface area contributed by atoms with E-state index in [0.717, 1.165) is 141 Å². The fourth-order valence-corrected chi connectivity index (χ4v) is 10.2. The number of phosphoric acid groups is 1. The number of hydrogen-bond donors (Lipinski definition) is 1. The van der Waals surface area contributed by atoms with Gasteiger partial charge in [-0.05, 0) is 135 Å². The van der Waals surface area contributed by atoms with E-state index in [1.807, 2.05) is 21.1 Å². The van der Waals surface area contributed by atoms with Crippen LogP contribution in [-0.4, -0.2) is 74.9 Å². The topological polar surface area (TPSA) is 108 Å². The molecule has 10 heteroatoms. The molecule has 0 spiro atoms. The number of rotatable bonds is 65. The second kappa shape index (κ2) is 70.4. The van der Waals surface area contributed by atoms with Crippen LogP contribution in [-0.2, 0) is 32.7 Å². The number of likely N-dealkylation sites (N-methyl/N-ethyl adjacent to an activating group) is 1. The van der Waals surface area contributed by atoms with Crippen molar-refractivity contribution in [3.8, 4) is 0 Å². The SMILES string of the molecule is CC/C=C\C/C=C\C/C=C\C/C=C\C/C=C\C/C=C\C/C=C\C/C=C\C/C=C\C/C=C\C/C=C\CCCCCCCCCC(=O)OC(COC(=O)CCCCCCCCCCCCCCCC/C=C\C/C=C\C/C=C\C/C=C\CC)COP(=O)(O)OCC[N+](C)(C)C. The minimum Gasteiger partial charge on any atom is -0.462 e. The Kier molecular flexibility index (Phi) is 66.7. The summed E-state index contributed by atoms with van der Waals surface area (Å²) in [5.41, 5.74) is 0. The van der Waals surface area contributed by atoms with Gasteiger partial charge in [0.15, 0.2) is 6.10 Å². The molecule has 0 rings (SSSR count). The van der Waals surface area contributed by atoms with Crippen molar-refractivity contribution in [1.29, 1.82) is 0 Å². The van der Waals surface area contributed by atoms with Gasteiger partial charge in [-0.3, -0.25) is 18.6 Å². The summed E-state index contributed by atoms with van der Waals surface area (Å²) >= 11 is 0. The normalized spacial score (nSPS) is 14.2. The average molecular weight is 1290 g/mol. The van der Waals surface area contributed by atoms with Crippen molar-refractivity contribution in [2.24, 2.45) is 0 Å². The van der Waals surface area contributed by atoms with E-state index in [0.29, 0.717) is 17.4 Å². The Morgan fingerprint density at radius 1 is 0.337 bits per heavy atom.